The quantitative estimate of drug-likeness (QED) is 0.896. The number of piperidine rings is 2. The molecule has 0 saturated carbocycles. The van der Waals surface area contributed by atoms with Gasteiger partial charge in [-0.2, -0.15) is 0 Å². The third kappa shape index (κ3) is 3.32. The van der Waals surface area contributed by atoms with E-state index in [-0.39, 0.29) is 11.5 Å². The maximum absolute atomic E-state index is 12.7. The summed E-state index contributed by atoms with van der Waals surface area (Å²) in [6.07, 6.45) is 8.42. The van der Waals surface area contributed by atoms with E-state index in [1.165, 1.54) is 12.8 Å². The molecule has 3 aliphatic heterocycles. The van der Waals surface area contributed by atoms with Gasteiger partial charge in [-0.25, -0.2) is 0 Å². The molecular formula is C17H27N5O2. The first kappa shape index (κ1) is 16.0. The van der Waals surface area contributed by atoms with E-state index in [1.54, 1.807) is 0 Å². The molecule has 0 aromatic carbocycles. The molecule has 1 atom stereocenters. The van der Waals surface area contributed by atoms with Crippen LogP contribution in [0.4, 0.5) is 0 Å². The molecule has 4 heterocycles. The third-order valence-corrected chi connectivity index (χ3v) is 5.75. The number of likely N-dealkylation sites (tertiary alicyclic amines) is 1. The molecule has 0 unspecified atom stereocenters. The van der Waals surface area contributed by atoms with Crippen molar-refractivity contribution in [1.29, 1.82) is 0 Å². The van der Waals surface area contributed by atoms with Gasteiger partial charge in [-0.1, -0.05) is 5.21 Å². The molecule has 0 bridgehead atoms. The van der Waals surface area contributed by atoms with E-state index in [4.69, 9.17) is 4.74 Å². The minimum absolute atomic E-state index is 0.0101. The Balaban J connectivity index is 1.33. The first-order valence-electron chi connectivity index (χ1n) is 9.28. The Bertz CT molecular complexity index is 565. The van der Waals surface area contributed by atoms with Crippen LogP contribution in [0.2, 0.25) is 0 Å². The van der Waals surface area contributed by atoms with Gasteiger partial charge in [-0.15, -0.1) is 5.10 Å². The summed E-state index contributed by atoms with van der Waals surface area (Å²) in [7, 11) is 0. The summed E-state index contributed by atoms with van der Waals surface area (Å²) in [5.41, 5.74) is 0.518. The van der Waals surface area contributed by atoms with E-state index in [1.807, 2.05) is 15.8 Å². The molecule has 3 fully saturated rings. The molecule has 7 heteroatoms. The molecule has 24 heavy (non-hydrogen) atoms. The van der Waals surface area contributed by atoms with Crippen LogP contribution >= 0.6 is 0 Å². The predicted molar refractivity (Wildman–Crippen MR) is 88.7 cm³/mol. The lowest BCUT2D eigenvalue weighted by atomic mass is 9.88. The van der Waals surface area contributed by atoms with Gasteiger partial charge in [0, 0.05) is 26.2 Å². The summed E-state index contributed by atoms with van der Waals surface area (Å²) in [5.74, 6) is 0.591. The van der Waals surface area contributed by atoms with Crippen LogP contribution in [-0.4, -0.2) is 64.2 Å². The molecule has 0 aliphatic carbocycles. The van der Waals surface area contributed by atoms with Crippen molar-refractivity contribution in [1.82, 2.24) is 25.2 Å². The van der Waals surface area contributed by atoms with E-state index in [0.717, 1.165) is 65.0 Å². The molecule has 1 aromatic heterocycles. The number of aromatic nitrogens is 3. The second-order valence-electron chi connectivity index (χ2n) is 7.47. The summed E-state index contributed by atoms with van der Waals surface area (Å²) < 4.78 is 7.76. The largest absolute Gasteiger partial charge is 0.375 e. The minimum atomic E-state index is 0.0101. The van der Waals surface area contributed by atoms with Crippen LogP contribution in [0.15, 0.2) is 6.20 Å². The van der Waals surface area contributed by atoms with Crippen molar-refractivity contribution >= 4 is 5.91 Å². The lowest BCUT2D eigenvalue weighted by molar-refractivity contribution is -0.0388. The smallest absolute Gasteiger partial charge is 0.276 e. The van der Waals surface area contributed by atoms with Crippen molar-refractivity contribution < 1.29 is 9.53 Å². The summed E-state index contributed by atoms with van der Waals surface area (Å²) in [6, 6.07) is 0. The van der Waals surface area contributed by atoms with Crippen LogP contribution in [0.25, 0.3) is 0 Å². The van der Waals surface area contributed by atoms with Gasteiger partial charge < -0.3 is 15.0 Å². The SMILES string of the molecule is O=C(c1cn(C[C@@H]2CCCNC2)nn1)N1CCC2(CCCO2)CC1. The van der Waals surface area contributed by atoms with Gasteiger partial charge in [0.05, 0.1) is 11.8 Å². The van der Waals surface area contributed by atoms with Gasteiger partial charge in [0.25, 0.3) is 5.91 Å². The molecule has 1 amide bonds. The Morgan fingerprint density at radius 2 is 2.21 bits per heavy atom. The molecule has 132 valence electrons. The van der Waals surface area contributed by atoms with Crippen molar-refractivity contribution in [2.24, 2.45) is 5.92 Å². The second-order valence-corrected chi connectivity index (χ2v) is 7.47. The van der Waals surface area contributed by atoms with Gasteiger partial charge >= 0.3 is 0 Å². The summed E-state index contributed by atoms with van der Waals surface area (Å²) in [6.45, 7) is 5.37. The average molecular weight is 333 g/mol. The number of nitrogens with zero attached hydrogens (tertiary/aromatic N) is 4. The van der Waals surface area contributed by atoms with Gasteiger partial charge in [0.1, 0.15) is 0 Å². The van der Waals surface area contributed by atoms with Crippen LogP contribution in [0.5, 0.6) is 0 Å². The van der Waals surface area contributed by atoms with Crippen LogP contribution in [-0.2, 0) is 11.3 Å². The zero-order chi connectivity index (χ0) is 16.4. The Morgan fingerprint density at radius 3 is 2.92 bits per heavy atom. The van der Waals surface area contributed by atoms with Gasteiger partial charge in [-0.3, -0.25) is 9.48 Å². The monoisotopic (exact) mass is 333 g/mol. The fourth-order valence-electron chi connectivity index (χ4n) is 4.26. The van der Waals surface area contributed by atoms with E-state index in [0.29, 0.717) is 11.6 Å². The van der Waals surface area contributed by atoms with E-state index in [9.17, 15) is 4.79 Å². The van der Waals surface area contributed by atoms with Crippen molar-refractivity contribution in [3.63, 3.8) is 0 Å². The number of carbonyl (C=O) groups is 1. The van der Waals surface area contributed by atoms with Crippen LogP contribution in [0.1, 0.15) is 49.0 Å². The van der Waals surface area contributed by atoms with Crippen molar-refractivity contribution in [2.75, 3.05) is 32.8 Å². The lowest BCUT2D eigenvalue weighted by Gasteiger charge is -2.38. The van der Waals surface area contributed by atoms with E-state index < -0.39 is 0 Å². The van der Waals surface area contributed by atoms with Gasteiger partial charge in [-0.05, 0) is 57.5 Å². The highest BCUT2D eigenvalue weighted by Gasteiger charge is 2.39. The third-order valence-electron chi connectivity index (χ3n) is 5.75. The number of carbonyl (C=O) groups excluding carboxylic acids is 1. The molecule has 1 spiro atoms. The van der Waals surface area contributed by atoms with Crippen molar-refractivity contribution in [3.05, 3.63) is 11.9 Å². The average Bonchev–Trinajstić information content (AvgIpc) is 3.26. The number of rotatable bonds is 3. The number of hydrogen-bond acceptors (Lipinski definition) is 5. The predicted octanol–water partition coefficient (Wildman–Crippen LogP) is 1.06. The van der Waals surface area contributed by atoms with Crippen molar-refractivity contribution in [2.45, 2.75) is 50.7 Å². The number of nitrogens with one attached hydrogen (secondary N) is 1. The zero-order valence-corrected chi connectivity index (χ0v) is 14.2. The van der Waals surface area contributed by atoms with E-state index >= 15 is 0 Å². The number of amides is 1. The normalized spacial score (nSPS) is 26.8. The van der Waals surface area contributed by atoms with Gasteiger partial charge in [0.2, 0.25) is 0 Å². The number of ether oxygens (including phenoxy) is 1. The molecule has 4 rings (SSSR count). The summed E-state index contributed by atoms with van der Waals surface area (Å²) in [5, 5.41) is 11.7. The highest BCUT2D eigenvalue weighted by Crippen LogP contribution is 2.35. The first-order valence-corrected chi connectivity index (χ1v) is 9.28. The minimum Gasteiger partial charge on any atom is -0.375 e. The lowest BCUT2D eigenvalue weighted by Crippen LogP contribution is -2.46. The molecule has 1 aromatic rings. The van der Waals surface area contributed by atoms with Gasteiger partial charge in [0.15, 0.2) is 5.69 Å². The molecular weight excluding hydrogens is 306 g/mol. The molecule has 3 aliphatic rings. The zero-order valence-electron chi connectivity index (χ0n) is 14.2. The Kier molecular flexibility index (Phi) is 4.54. The Labute approximate surface area is 142 Å². The standard InChI is InChI=1S/C17H27N5O2/c23-16(21-8-5-17(6-9-21)4-2-10-24-17)15-13-22(20-19-15)12-14-3-1-7-18-11-14/h13-14,18H,1-12H2/t14-/m1/s1. The molecule has 0 radical (unpaired) electrons. The van der Waals surface area contributed by atoms with Crippen LogP contribution in [0, 0.1) is 5.92 Å². The fourth-order valence-corrected chi connectivity index (χ4v) is 4.26. The number of hydrogen-bond donors (Lipinski definition) is 1. The first-order chi connectivity index (χ1) is 11.7. The maximum atomic E-state index is 12.7. The molecule has 7 nitrogen and oxygen atoms in total. The summed E-state index contributed by atoms with van der Waals surface area (Å²) >= 11 is 0. The molecule has 3 saturated heterocycles. The maximum Gasteiger partial charge on any atom is 0.276 e. The highest BCUT2D eigenvalue weighted by atomic mass is 16.5. The van der Waals surface area contributed by atoms with E-state index in [2.05, 4.69) is 15.6 Å². The topological polar surface area (TPSA) is 72.3 Å². The molecule has 1 N–H and O–H groups in total. The Hall–Kier alpha value is -1.47. The van der Waals surface area contributed by atoms with Crippen LogP contribution < -0.4 is 5.32 Å². The van der Waals surface area contributed by atoms with Crippen LogP contribution in [0.3, 0.4) is 0 Å². The van der Waals surface area contributed by atoms with Crippen molar-refractivity contribution in [3.8, 4) is 0 Å². The summed E-state index contributed by atoms with van der Waals surface area (Å²) in [4.78, 5) is 14.6. The second kappa shape index (κ2) is 6.80. The fraction of sp³-hybridized carbons (Fsp3) is 0.824. The Morgan fingerprint density at radius 1 is 1.33 bits per heavy atom. The highest BCUT2D eigenvalue weighted by molar-refractivity contribution is 5.92.